The number of nitrogens with one attached hydrogen (secondary N) is 1. The molecule has 0 aliphatic heterocycles. The third kappa shape index (κ3) is 2.47. The Kier molecular flexibility index (Phi) is 4.14. The zero-order valence-electron chi connectivity index (χ0n) is 11.2. The zero-order valence-corrected chi connectivity index (χ0v) is 11.2. The maximum Gasteiger partial charge on any atom is 0.162 e. The van der Waals surface area contributed by atoms with Crippen LogP contribution in [-0.4, -0.2) is 17.1 Å². The molecule has 0 spiro atoms. The van der Waals surface area contributed by atoms with Crippen LogP contribution in [-0.2, 0) is 16.8 Å². The summed E-state index contributed by atoms with van der Waals surface area (Å²) >= 11 is 0. The molecule has 1 saturated carbocycles. The van der Waals surface area contributed by atoms with Gasteiger partial charge in [0, 0.05) is 18.9 Å². The van der Waals surface area contributed by atoms with Gasteiger partial charge >= 0.3 is 0 Å². The van der Waals surface area contributed by atoms with E-state index >= 15 is 0 Å². The summed E-state index contributed by atoms with van der Waals surface area (Å²) in [4.78, 5) is 9.13. The maximum atomic E-state index is 5.77. The lowest BCUT2D eigenvalue weighted by atomic mass is 9.84. The van der Waals surface area contributed by atoms with Gasteiger partial charge < -0.3 is 10.2 Å². The van der Waals surface area contributed by atoms with Gasteiger partial charge in [-0.15, -0.1) is 0 Å². The fourth-order valence-corrected chi connectivity index (χ4v) is 2.60. The molecule has 100 valence electrons. The Hall–Kier alpha value is -1.20. The number of ether oxygens (including phenoxy) is 1. The number of hydrazine groups is 1. The third-order valence-electron chi connectivity index (χ3n) is 3.75. The molecular weight excluding hydrogens is 228 g/mol. The van der Waals surface area contributed by atoms with Crippen LogP contribution in [0.15, 0.2) is 6.07 Å². The third-order valence-corrected chi connectivity index (χ3v) is 3.75. The summed E-state index contributed by atoms with van der Waals surface area (Å²) in [6.07, 6.45) is 6.43. The van der Waals surface area contributed by atoms with Gasteiger partial charge in [-0.25, -0.2) is 15.8 Å². The molecule has 1 aromatic rings. The topological polar surface area (TPSA) is 73.1 Å². The van der Waals surface area contributed by atoms with E-state index in [4.69, 9.17) is 10.6 Å². The number of nitrogens with two attached hydrogens (primary N) is 1. The van der Waals surface area contributed by atoms with Gasteiger partial charge in [-0.2, -0.15) is 0 Å². The number of nitrogens with zero attached hydrogens (tertiary/aromatic N) is 2. The summed E-state index contributed by atoms with van der Waals surface area (Å²) in [6.45, 7) is 2.08. The van der Waals surface area contributed by atoms with E-state index in [0.717, 1.165) is 30.8 Å². The number of methoxy groups -OCH3 is 1. The summed E-state index contributed by atoms with van der Waals surface area (Å²) in [5, 5.41) is 0. The van der Waals surface area contributed by atoms with Crippen molar-refractivity contribution in [2.75, 3.05) is 12.5 Å². The highest BCUT2D eigenvalue weighted by molar-refractivity contribution is 5.35. The average molecular weight is 250 g/mol. The van der Waals surface area contributed by atoms with Crippen LogP contribution in [0.5, 0.6) is 0 Å². The number of hydrogen-bond acceptors (Lipinski definition) is 5. The molecule has 18 heavy (non-hydrogen) atoms. The molecule has 0 saturated heterocycles. The van der Waals surface area contributed by atoms with Crippen LogP contribution < -0.4 is 11.3 Å². The normalized spacial score (nSPS) is 18.6. The number of aromatic nitrogens is 2. The van der Waals surface area contributed by atoms with Gasteiger partial charge in [0.2, 0.25) is 0 Å². The summed E-state index contributed by atoms with van der Waals surface area (Å²) < 4.78 is 5.77. The van der Waals surface area contributed by atoms with Crippen molar-refractivity contribution in [1.82, 2.24) is 9.97 Å². The second kappa shape index (κ2) is 5.63. The predicted octanol–water partition coefficient (Wildman–Crippen LogP) is 2.13. The quantitative estimate of drug-likeness (QED) is 0.632. The van der Waals surface area contributed by atoms with Crippen LogP contribution in [0.3, 0.4) is 0 Å². The molecule has 0 aromatic carbocycles. The largest absolute Gasteiger partial charge is 0.370 e. The van der Waals surface area contributed by atoms with Gasteiger partial charge in [-0.3, -0.25) is 0 Å². The van der Waals surface area contributed by atoms with Gasteiger partial charge in [0.1, 0.15) is 11.4 Å². The zero-order chi connectivity index (χ0) is 13.0. The van der Waals surface area contributed by atoms with Crippen molar-refractivity contribution in [1.29, 1.82) is 0 Å². The number of nitrogen functional groups attached to an aromatic ring is 1. The van der Waals surface area contributed by atoms with E-state index in [9.17, 15) is 0 Å². The molecule has 1 heterocycles. The molecule has 0 unspecified atom stereocenters. The van der Waals surface area contributed by atoms with Crippen LogP contribution in [0.25, 0.3) is 0 Å². The molecule has 0 atom stereocenters. The van der Waals surface area contributed by atoms with Crippen LogP contribution in [0.4, 0.5) is 5.82 Å². The van der Waals surface area contributed by atoms with Gasteiger partial charge in [-0.05, 0) is 19.3 Å². The molecule has 5 heteroatoms. The Morgan fingerprint density at radius 2 is 2.06 bits per heavy atom. The fraction of sp³-hybridized carbons (Fsp3) is 0.692. The number of rotatable bonds is 4. The smallest absolute Gasteiger partial charge is 0.162 e. The van der Waals surface area contributed by atoms with E-state index in [0.29, 0.717) is 5.82 Å². The number of anilines is 1. The SMILES string of the molecule is CCc1cc(NN)nc(C2(OC)CCCCC2)n1. The van der Waals surface area contributed by atoms with E-state index < -0.39 is 0 Å². The molecule has 2 rings (SSSR count). The van der Waals surface area contributed by atoms with Gasteiger partial charge in [0.15, 0.2) is 5.82 Å². The predicted molar refractivity (Wildman–Crippen MR) is 71.0 cm³/mol. The van der Waals surface area contributed by atoms with E-state index in [1.807, 2.05) is 6.07 Å². The lowest BCUT2D eigenvalue weighted by Crippen LogP contribution is -2.34. The maximum absolute atomic E-state index is 5.77. The molecule has 0 bridgehead atoms. The van der Waals surface area contributed by atoms with Crippen LogP contribution in [0, 0.1) is 0 Å². The Balaban J connectivity index is 2.40. The fourth-order valence-electron chi connectivity index (χ4n) is 2.60. The van der Waals surface area contributed by atoms with Crippen molar-refractivity contribution in [3.63, 3.8) is 0 Å². The summed E-state index contributed by atoms with van der Waals surface area (Å²) in [5.74, 6) is 6.92. The molecule has 0 amide bonds. The summed E-state index contributed by atoms with van der Waals surface area (Å²) in [7, 11) is 1.75. The lowest BCUT2D eigenvalue weighted by molar-refractivity contribution is -0.0515. The first-order valence-electron chi connectivity index (χ1n) is 6.64. The first-order valence-corrected chi connectivity index (χ1v) is 6.64. The first kappa shape index (κ1) is 13.2. The van der Waals surface area contributed by atoms with Gasteiger partial charge in [-0.1, -0.05) is 26.2 Å². The van der Waals surface area contributed by atoms with Gasteiger partial charge in [0.05, 0.1) is 0 Å². The van der Waals surface area contributed by atoms with Crippen molar-refractivity contribution >= 4 is 5.82 Å². The Labute approximate surface area is 108 Å². The van der Waals surface area contributed by atoms with Crippen molar-refractivity contribution < 1.29 is 4.74 Å². The molecule has 1 aliphatic carbocycles. The standard InChI is InChI=1S/C13H22N4O/c1-3-10-9-11(17-14)16-12(15-10)13(18-2)7-5-4-6-8-13/h9H,3-8,14H2,1-2H3,(H,15,16,17). The van der Waals surface area contributed by atoms with E-state index in [1.165, 1.54) is 19.3 Å². The number of aryl methyl sites for hydroxylation is 1. The Bertz CT molecular complexity index is 380. The summed E-state index contributed by atoms with van der Waals surface area (Å²) in [5.41, 5.74) is 3.29. The highest BCUT2D eigenvalue weighted by Crippen LogP contribution is 2.38. The minimum atomic E-state index is -0.324. The van der Waals surface area contributed by atoms with Crippen molar-refractivity contribution in [3.05, 3.63) is 17.6 Å². The van der Waals surface area contributed by atoms with Crippen molar-refractivity contribution in [2.24, 2.45) is 5.84 Å². The highest BCUT2D eigenvalue weighted by Gasteiger charge is 2.37. The number of hydrogen-bond donors (Lipinski definition) is 2. The van der Waals surface area contributed by atoms with E-state index in [1.54, 1.807) is 7.11 Å². The van der Waals surface area contributed by atoms with Crippen LogP contribution in [0.2, 0.25) is 0 Å². The van der Waals surface area contributed by atoms with Crippen molar-refractivity contribution in [3.8, 4) is 0 Å². The minimum Gasteiger partial charge on any atom is -0.370 e. The van der Waals surface area contributed by atoms with Crippen molar-refractivity contribution in [2.45, 2.75) is 51.0 Å². The summed E-state index contributed by atoms with van der Waals surface area (Å²) in [6, 6.07) is 1.88. The van der Waals surface area contributed by atoms with E-state index in [2.05, 4.69) is 22.3 Å². The van der Waals surface area contributed by atoms with Crippen LogP contribution >= 0.6 is 0 Å². The monoisotopic (exact) mass is 250 g/mol. The molecule has 1 aromatic heterocycles. The molecule has 3 N–H and O–H groups in total. The highest BCUT2D eigenvalue weighted by atomic mass is 16.5. The molecule has 1 fully saturated rings. The Morgan fingerprint density at radius 1 is 1.33 bits per heavy atom. The first-order chi connectivity index (χ1) is 8.74. The van der Waals surface area contributed by atoms with E-state index in [-0.39, 0.29) is 5.60 Å². The minimum absolute atomic E-state index is 0.324. The molecule has 1 aliphatic rings. The average Bonchev–Trinajstić information content (AvgIpc) is 2.47. The molecular formula is C13H22N4O. The van der Waals surface area contributed by atoms with Crippen LogP contribution in [0.1, 0.15) is 50.5 Å². The molecule has 0 radical (unpaired) electrons. The lowest BCUT2D eigenvalue weighted by Gasteiger charge is -2.34. The second-order valence-corrected chi connectivity index (χ2v) is 4.83. The van der Waals surface area contributed by atoms with Gasteiger partial charge in [0.25, 0.3) is 0 Å². The second-order valence-electron chi connectivity index (χ2n) is 4.83. The Morgan fingerprint density at radius 3 is 2.61 bits per heavy atom. The molecule has 5 nitrogen and oxygen atoms in total.